The van der Waals surface area contributed by atoms with E-state index in [2.05, 4.69) is 4.98 Å². The molecule has 0 unspecified atom stereocenters. The molecule has 0 aliphatic carbocycles. The Morgan fingerprint density at radius 3 is 2.38 bits per heavy atom. The molecule has 1 heterocycles. The lowest BCUT2D eigenvalue weighted by Crippen LogP contribution is -2.13. The fourth-order valence-electron chi connectivity index (χ4n) is 2.76. The van der Waals surface area contributed by atoms with Crippen molar-refractivity contribution in [3.63, 3.8) is 0 Å². The first kappa shape index (κ1) is 16.4. The van der Waals surface area contributed by atoms with Crippen LogP contribution in [0.5, 0.6) is 0 Å². The number of hydrogen-bond donors (Lipinski definition) is 2. The van der Waals surface area contributed by atoms with Gasteiger partial charge in [0.2, 0.25) is 10.0 Å². The summed E-state index contributed by atoms with van der Waals surface area (Å²) in [7, 11) is -3.79. The summed E-state index contributed by atoms with van der Waals surface area (Å²) >= 11 is 0. The smallest absolute Gasteiger partial charge is 0.238 e. The molecule has 0 radical (unpaired) electrons. The van der Waals surface area contributed by atoms with Gasteiger partial charge in [0.1, 0.15) is 0 Å². The number of sulfonamides is 1. The summed E-state index contributed by atoms with van der Waals surface area (Å²) in [5.74, 6) is 0. The molecule has 124 valence electrons. The molecule has 24 heavy (non-hydrogen) atoms. The van der Waals surface area contributed by atoms with Crippen LogP contribution in [0, 0.1) is 6.92 Å². The van der Waals surface area contributed by atoms with E-state index >= 15 is 0 Å². The maximum Gasteiger partial charge on any atom is 0.238 e. The summed E-state index contributed by atoms with van der Waals surface area (Å²) in [4.78, 5) is 15.6. The van der Waals surface area contributed by atoms with Crippen LogP contribution in [0.25, 0.3) is 22.0 Å². The van der Waals surface area contributed by atoms with Gasteiger partial charge in [-0.3, -0.25) is 4.79 Å². The molecule has 0 aliphatic rings. The predicted molar refractivity (Wildman–Crippen MR) is 95.5 cm³/mol. The third-order valence-corrected chi connectivity index (χ3v) is 5.15. The normalized spacial score (nSPS) is 11.8. The molecule has 0 saturated carbocycles. The van der Waals surface area contributed by atoms with E-state index in [9.17, 15) is 13.2 Å². The van der Waals surface area contributed by atoms with Gasteiger partial charge in [-0.15, -0.1) is 0 Å². The summed E-state index contributed by atoms with van der Waals surface area (Å²) in [6.45, 7) is 3.67. The molecule has 3 aromatic rings. The zero-order chi connectivity index (χ0) is 17.5. The highest BCUT2D eigenvalue weighted by Crippen LogP contribution is 2.26. The van der Waals surface area contributed by atoms with Crippen LogP contribution in [0.3, 0.4) is 0 Å². The van der Waals surface area contributed by atoms with E-state index in [4.69, 9.17) is 5.14 Å². The number of aryl methyl sites for hydroxylation is 2. The van der Waals surface area contributed by atoms with Gasteiger partial charge in [0.25, 0.3) is 0 Å². The minimum Gasteiger partial charge on any atom is -0.358 e. The lowest BCUT2D eigenvalue weighted by Gasteiger charge is -2.09. The molecule has 0 saturated heterocycles. The number of fused-ring (bicyclic) bond motifs is 1. The molecule has 0 atom stereocenters. The van der Waals surface area contributed by atoms with Gasteiger partial charge in [0.05, 0.1) is 4.90 Å². The van der Waals surface area contributed by atoms with Crippen LogP contribution in [0.2, 0.25) is 0 Å². The highest BCUT2D eigenvalue weighted by Gasteiger charge is 2.13. The molecule has 1 aromatic heterocycles. The molecule has 0 fully saturated rings. The van der Waals surface area contributed by atoms with Gasteiger partial charge in [-0.25, -0.2) is 13.6 Å². The molecular formula is C18H18N2O3S. The molecule has 3 rings (SSSR count). The van der Waals surface area contributed by atoms with Crippen LogP contribution in [0.1, 0.15) is 18.2 Å². The number of pyridine rings is 1. The Balaban J connectivity index is 2.21. The van der Waals surface area contributed by atoms with Crippen molar-refractivity contribution >= 4 is 20.9 Å². The predicted octanol–water partition coefficient (Wildman–Crippen LogP) is 2.71. The monoisotopic (exact) mass is 342 g/mol. The van der Waals surface area contributed by atoms with Crippen molar-refractivity contribution < 1.29 is 8.42 Å². The third-order valence-electron chi connectivity index (χ3n) is 4.09. The minimum absolute atomic E-state index is 0.0544. The van der Waals surface area contributed by atoms with Crippen LogP contribution < -0.4 is 10.6 Å². The first-order valence-electron chi connectivity index (χ1n) is 7.59. The van der Waals surface area contributed by atoms with E-state index in [1.165, 1.54) is 0 Å². The van der Waals surface area contributed by atoms with Crippen molar-refractivity contribution in [3.05, 3.63) is 63.9 Å². The summed E-state index contributed by atoms with van der Waals surface area (Å²) in [6.07, 6.45) is 0.753. The maximum atomic E-state index is 12.3. The topological polar surface area (TPSA) is 93.0 Å². The number of hydrogen-bond acceptors (Lipinski definition) is 3. The number of benzene rings is 2. The van der Waals surface area contributed by atoms with Crippen LogP contribution in [0.15, 0.2) is 52.2 Å². The lowest BCUT2D eigenvalue weighted by atomic mass is 10.0. The van der Waals surface area contributed by atoms with Crippen molar-refractivity contribution in [1.82, 2.24) is 4.98 Å². The number of aromatic amines is 1. The first-order chi connectivity index (χ1) is 11.3. The van der Waals surface area contributed by atoms with Crippen molar-refractivity contribution in [2.45, 2.75) is 25.2 Å². The van der Waals surface area contributed by atoms with Crippen molar-refractivity contribution in [2.24, 2.45) is 5.14 Å². The largest absolute Gasteiger partial charge is 0.358 e. The van der Waals surface area contributed by atoms with Gasteiger partial charge in [0, 0.05) is 22.7 Å². The summed E-state index contributed by atoms with van der Waals surface area (Å²) in [5, 5.41) is 5.84. The van der Waals surface area contributed by atoms with Crippen LogP contribution in [-0.2, 0) is 16.4 Å². The molecule has 0 bridgehead atoms. The highest BCUT2D eigenvalue weighted by molar-refractivity contribution is 7.89. The second-order valence-electron chi connectivity index (χ2n) is 5.80. The minimum atomic E-state index is -3.79. The van der Waals surface area contributed by atoms with Crippen LogP contribution in [0.4, 0.5) is 0 Å². The second kappa shape index (κ2) is 5.89. The van der Waals surface area contributed by atoms with Crippen molar-refractivity contribution in [3.8, 4) is 11.1 Å². The Labute approximate surface area is 140 Å². The van der Waals surface area contributed by atoms with E-state index in [0.29, 0.717) is 16.5 Å². The molecule has 0 aliphatic heterocycles. The Kier molecular flexibility index (Phi) is 4.03. The fraction of sp³-hybridized carbons (Fsp3) is 0.167. The number of H-pyrrole nitrogens is 1. The quantitative estimate of drug-likeness (QED) is 0.766. The highest BCUT2D eigenvalue weighted by atomic mass is 32.2. The number of nitrogens with one attached hydrogen (secondary N) is 1. The van der Waals surface area contributed by atoms with E-state index in [1.807, 2.05) is 25.1 Å². The van der Waals surface area contributed by atoms with Gasteiger partial charge < -0.3 is 4.98 Å². The molecule has 6 heteroatoms. The van der Waals surface area contributed by atoms with E-state index < -0.39 is 10.0 Å². The summed E-state index contributed by atoms with van der Waals surface area (Å²) < 4.78 is 23.4. The van der Waals surface area contributed by atoms with Gasteiger partial charge in [0.15, 0.2) is 5.43 Å². The van der Waals surface area contributed by atoms with Gasteiger partial charge in [-0.2, -0.15) is 0 Å². The maximum absolute atomic E-state index is 12.3. The third kappa shape index (κ3) is 2.98. The SMILES string of the molecule is CCc1cc(=O)c2cc(-c3ccc(C)c(S(N)(=O)=O)c3)ccc2[nH]1. The average molecular weight is 342 g/mol. The van der Waals surface area contributed by atoms with Crippen molar-refractivity contribution in [2.75, 3.05) is 0 Å². The number of nitrogens with two attached hydrogens (primary N) is 1. The molecule has 0 spiro atoms. The molecule has 0 amide bonds. The Morgan fingerprint density at radius 2 is 1.71 bits per heavy atom. The first-order valence-corrected chi connectivity index (χ1v) is 9.14. The standard InChI is InChI=1S/C18H18N2O3S/c1-3-14-10-17(21)15-8-12(6-7-16(15)20-14)13-5-4-11(2)18(9-13)24(19,22)23/h4-10H,3H2,1-2H3,(H,20,21)(H2,19,22,23). The Hall–Kier alpha value is -2.44. The zero-order valence-electron chi connectivity index (χ0n) is 13.5. The molecule has 5 nitrogen and oxygen atoms in total. The molecule has 2 aromatic carbocycles. The Bertz CT molecular complexity index is 1100. The van der Waals surface area contributed by atoms with Gasteiger partial charge >= 0.3 is 0 Å². The van der Waals surface area contributed by atoms with Crippen LogP contribution >= 0.6 is 0 Å². The lowest BCUT2D eigenvalue weighted by molar-refractivity contribution is 0.597. The Morgan fingerprint density at radius 1 is 1.04 bits per heavy atom. The van der Waals surface area contributed by atoms with Gasteiger partial charge in [-0.1, -0.05) is 25.1 Å². The van der Waals surface area contributed by atoms with E-state index in [-0.39, 0.29) is 10.3 Å². The van der Waals surface area contributed by atoms with Crippen molar-refractivity contribution in [1.29, 1.82) is 0 Å². The number of aromatic nitrogens is 1. The van der Waals surface area contributed by atoms with Crippen LogP contribution in [-0.4, -0.2) is 13.4 Å². The van der Waals surface area contributed by atoms with E-state index in [1.54, 1.807) is 31.2 Å². The molecule has 3 N–H and O–H groups in total. The van der Waals surface area contributed by atoms with E-state index in [0.717, 1.165) is 23.2 Å². The zero-order valence-corrected chi connectivity index (χ0v) is 14.3. The second-order valence-corrected chi connectivity index (χ2v) is 7.33. The summed E-state index contributed by atoms with van der Waals surface area (Å²) in [5.41, 5.74) is 3.65. The number of primary sulfonamides is 1. The molecular weight excluding hydrogens is 324 g/mol. The fourth-order valence-corrected chi connectivity index (χ4v) is 3.57. The number of rotatable bonds is 3. The summed E-state index contributed by atoms with van der Waals surface area (Å²) in [6, 6.07) is 12.1. The average Bonchev–Trinajstić information content (AvgIpc) is 2.54. The van der Waals surface area contributed by atoms with Gasteiger partial charge in [-0.05, 0) is 48.2 Å².